The van der Waals surface area contributed by atoms with Gasteiger partial charge in [-0.3, -0.25) is 9.48 Å². The minimum atomic E-state index is -0.716. The number of rotatable bonds is 6. The fourth-order valence-electron chi connectivity index (χ4n) is 3.24. The van der Waals surface area contributed by atoms with Gasteiger partial charge in [-0.05, 0) is 32.3 Å². The molecule has 1 atom stereocenters. The Balaban J connectivity index is 2.06. The van der Waals surface area contributed by atoms with E-state index in [4.69, 9.17) is 0 Å². The molecule has 0 radical (unpaired) electrons. The van der Waals surface area contributed by atoms with Gasteiger partial charge < -0.3 is 5.11 Å². The maximum Gasteiger partial charge on any atom is 0.309 e. The summed E-state index contributed by atoms with van der Waals surface area (Å²) in [6, 6.07) is 2.51. The quantitative estimate of drug-likeness (QED) is 0.860. The van der Waals surface area contributed by atoms with Crippen LogP contribution < -0.4 is 0 Å². The maximum absolute atomic E-state index is 11.5. The molecule has 0 amide bonds. The third kappa shape index (κ3) is 3.41. The predicted octanol–water partition coefficient (Wildman–Crippen LogP) is 3.82. The number of aromatic nitrogens is 2. The molecule has 1 aromatic heterocycles. The van der Waals surface area contributed by atoms with Crippen LogP contribution in [0.1, 0.15) is 70.5 Å². The van der Waals surface area contributed by atoms with Crippen LogP contribution in [0.15, 0.2) is 12.3 Å². The standard InChI is InChI=1S/C16H26N2O2/c1-3-10-16(2,15(19)20)12-13-9-11-18(17-13)14-7-5-4-6-8-14/h9,11,14H,3-8,10,12H2,1-2H3,(H,19,20). The summed E-state index contributed by atoms with van der Waals surface area (Å²) in [6.45, 7) is 3.86. The van der Waals surface area contributed by atoms with Crippen LogP contribution in [0.3, 0.4) is 0 Å². The Hall–Kier alpha value is -1.32. The van der Waals surface area contributed by atoms with Crippen molar-refractivity contribution in [1.29, 1.82) is 0 Å². The van der Waals surface area contributed by atoms with Gasteiger partial charge in [0.05, 0.1) is 17.2 Å². The Morgan fingerprint density at radius 1 is 1.45 bits per heavy atom. The van der Waals surface area contributed by atoms with Gasteiger partial charge in [0.2, 0.25) is 0 Å². The van der Waals surface area contributed by atoms with Crippen molar-refractivity contribution in [1.82, 2.24) is 9.78 Å². The van der Waals surface area contributed by atoms with Crippen LogP contribution in [0.25, 0.3) is 0 Å². The van der Waals surface area contributed by atoms with Crippen LogP contribution in [-0.4, -0.2) is 20.9 Å². The van der Waals surface area contributed by atoms with Crippen LogP contribution >= 0.6 is 0 Å². The van der Waals surface area contributed by atoms with Crippen molar-refractivity contribution in [3.8, 4) is 0 Å². The van der Waals surface area contributed by atoms with Crippen molar-refractivity contribution in [2.75, 3.05) is 0 Å². The van der Waals surface area contributed by atoms with Crippen molar-refractivity contribution < 1.29 is 9.90 Å². The van der Waals surface area contributed by atoms with Crippen molar-refractivity contribution in [2.24, 2.45) is 5.41 Å². The zero-order chi connectivity index (χ0) is 14.6. The minimum Gasteiger partial charge on any atom is -0.481 e. The summed E-state index contributed by atoms with van der Waals surface area (Å²) in [5.41, 5.74) is 0.217. The van der Waals surface area contributed by atoms with E-state index in [1.54, 1.807) is 0 Å². The van der Waals surface area contributed by atoms with Crippen molar-refractivity contribution in [3.63, 3.8) is 0 Å². The molecule has 2 rings (SSSR count). The monoisotopic (exact) mass is 278 g/mol. The number of hydrogen-bond acceptors (Lipinski definition) is 2. The number of carboxylic acid groups (broad SMARTS) is 1. The minimum absolute atomic E-state index is 0.514. The topological polar surface area (TPSA) is 55.1 Å². The Morgan fingerprint density at radius 3 is 2.75 bits per heavy atom. The van der Waals surface area contributed by atoms with Crippen LogP contribution in [-0.2, 0) is 11.2 Å². The molecule has 1 N–H and O–H groups in total. The Labute approximate surface area is 121 Å². The largest absolute Gasteiger partial charge is 0.481 e. The molecule has 0 aromatic carbocycles. The van der Waals surface area contributed by atoms with Crippen molar-refractivity contribution in [3.05, 3.63) is 18.0 Å². The molecule has 4 heteroatoms. The predicted molar refractivity (Wildman–Crippen MR) is 78.7 cm³/mol. The lowest BCUT2D eigenvalue weighted by Gasteiger charge is -2.24. The number of nitrogens with zero attached hydrogens (tertiary/aromatic N) is 2. The van der Waals surface area contributed by atoms with Gasteiger partial charge in [-0.25, -0.2) is 0 Å². The molecule has 1 aromatic rings. The smallest absolute Gasteiger partial charge is 0.309 e. The number of aliphatic carboxylic acids is 1. The zero-order valence-corrected chi connectivity index (χ0v) is 12.6. The van der Waals surface area contributed by atoms with Gasteiger partial charge in [0.1, 0.15) is 0 Å². The molecule has 1 fully saturated rings. The average molecular weight is 278 g/mol. The summed E-state index contributed by atoms with van der Waals surface area (Å²) in [5, 5.41) is 14.1. The Bertz CT molecular complexity index is 449. The molecule has 0 aliphatic heterocycles. The number of carboxylic acids is 1. The molecular weight excluding hydrogens is 252 g/mol. The average Bonchev–Trinajstić information content (AvgIpc) is 2.88. The lowest BCUT2D eigenvalue weighted by molar-refractivity contribution is -0.148. The highest BCUT2D eigenvalue weighted by Crippen LogP contribution is 2.30. The maximum atomic E-state index is 11.5. The molecule has 1 aliphatic rings. The normalized spacial score (nSPS) is 19.7. The van der Waals surface area contributed by atoms with Crippen LogP contribution in [0.5, 0.6) is 0 Å². The molecule has 1 aliphatic carbocycles. The summed E-state index contributed by atoms with van der Waals surface area (Å²) in [4.78, 5) is 11.5. The lowest BCUT2D eigenvalue weighted by Crippen LogP contribution is -2.30. The molecule has 0 saturated heterocycles. The van der Waals surface area contributed by atoms with E-state index in [1.165, 1.54) is 32.1 Å². The van der Waals surface area contributed by atoms with Crippen LogP contribution in [0, 0.1) is 5.41 Å². The summed E-state index contributed by atoms with van der Waals surface area (Å²) in [7, 11) is 0. The van der Waals surface area contributed by atoms with Crippen molar-refractivity contribution in [2.45, 2.75) is 71.3 Å². The highest BCUT2D eigenvalue weighted by Gasteiger charge is 2.33. The van der Waals surface area contributed by atoms with Gasteiger partial charge in [0, 0.05) is 12.6 Å². The van der Waals surface area contributed by atoms with E-state index in [-0.39, 0.29) is 0 Å². The third-order valence-electron chi connectivity index (χ3n) is 4.50. The van der Waals surface area contributed by atoms with Crippen molar-refractivity contribution >= 4 is 5.97 Å². The highest BCUT2D eigenvalue weighted by atomic mass is 16.4. The summed E-state index contributed by atoms with van der Waals surface area (Å²) < 4.78 is 2.06. The first-order chi connectivity index (χ1) is 9.55. The molecule has 4 nitrogen and oxygen atoms in total. The van der Waals surface area contributed by atoms with E-state index in [9.17, 15) is 9.90 Å². The molecule has 0 bridgehead atoms. The van der Waals surface area contributed by atoms with E-state index >= 15 is 0 Å². The lowest BCUT2D eigenvalue weighted by atomic mass is 9.81. The molecule has 1 unspecified atom stereocenters. The van der Waals surface area contributed by atoms with Gasteiger partial charge in [-0.15, -0.1) is 0 Å². The van der Waals surface area contributed by atoms with E-state index < -0.39 is 11.4 Å². The van der Waals surface area contributed by atoms with Crippen LogP contribution in [0.4, 0.5) is 0 Å². The van der Waals surface area contributed by atoms with Gasteiger partial charge >= 0.3 is 5.97 Å². The first kappa shape index (κ1) is 15.1. The first-order valence-corrected chi connectivity index (χ1v) is 7.82. The molecule has 1 saturated carbocycles. The SMILES string of the molecule is CCCC(C)(Cc1ccn(C2CCCCC2)n1)C(=O)O. The van der Waals surface area contributed by atoms with Crippen LogP contribution in [0.2, 0.25) is 0 Å². The molecule has 112 valence electrons. The number of hydrogen-bond donors (Lipinski definition) is 1. The second-order valence-corrected chi connectivity index (χ2v) is 6.37. The Morgan fingerprint density at radius 2 is 2.15 bits per heavy atom. The number of carbonyl (C=O) groups is 1. The summed E-state index contributed by atoms with van der Waals surface area (Å²) >= 11 is 0. The molecule has 20 heavy (non-hydrogen) atoms. The van der Waals surface area contributed by atoms with E-state index in [2.05, 4.69) is 9.78 Å². The fraction of sp³-hybridized carbons (Fsp3) is 0.750. The highest BCUT2D eigenvalue weighted by molar-refractivity contribution is 5.74. The van der Waals surface area contributed by atoms with Gasteiger partial charge in [0.15, 0.2) is 0 Å². The van der Waals surface area contributed by atoms with E-state index in [0.29, 0.717) is 18.9 Å². The molecule has 1 heterocycles. The van der Waals surface area contributed by atoms with Gasteiger partial charge in [0.25, 0.3) is 0 Å². The first-order valence-electron chi connectivity index (χ1n) is 7.82. The summed E-state index contributed by atoms with van der Waals surface area (Å²) in [5.74, 6) is -0.716. The summed E-state index contributed by atoms with van der Waals surface area (Å²) in [6.07, 6.45) is 10.4. The second-order valence-electron chi connectivity index (χ2n) is 6.37. The van der Waals surface area contributed by atoms with E-state index in [1.807, 2.05) is 26.1 Å². The van der Waals surface area contributed by atoms with E-state index in [0.717, 1.165) is 12.1 Å². The van der Waals surface area contributed by atoms with Gasteiger partial charge in [-0.1, -0.05) is 32.6 Å². The zero-order valence-electron chi connectivity index (χ0n) is 12.6. The second kappa shape index (κ2) is 6.42. The molecule has 0 spiro atoms. The Kier molecular flexibility index (Phi) is 4.84. The van der Waals surface area contributed by atoms with Gasteiger partial charge in [-0.2, -0.15) is 5.10 Å². The third-order valence-corrected chi connectivity index (χ3v) is 4.50. The molecular formula is C16H26N2O2. The fourth-order valence-corrected chi connectivity index (χ4v) is 3.24.